The zero-order chi connectivity index (χ0) is 18.0. The van der Waals surface area contributed by atoms with Crippen LogP contribution in [0.15, 0.2) is 4.52 Å². The first-order valence-corrected chi connectivity index (χ1v) is 8.60. The van der Waals surface area contributed by atoms with Crippen molar-refractivity contribution in [1.82, 2.24) is 25.2 Å². The molecular weight excluding hydrogens is 318 g/mol. The Labute approximate surface area is 147 Å². The Kier molecular flexibility index (Phi) is 4.95. The van der Waals surface area contributed by atoms with Gasteiger partial charge in [-0.25, -0.2) is 0 Å². The van der Waals surface area contributed by atoms with Gasteiger partial charge in [0.1, 0.15) is 11.6 Å². The molecule has 1 aliphatic rings. The molecule has 1 atom stereocenters. The van der Waals surface area contributed by atoms with Gasteiger partial charge in [-0.15, -0.1) is 5.10 Å². The Bertz CT molecular complexity index is 787. The maximum atomic E-state index is 9.49. The van der Waals surface area contributed by atoms with Crippen molar-refractivity contribution in [2.45, 2.75) is 40.2 Å². The lowest BCUT2D eigenvalue weighted by Gasteiger charge is -2.37. The second-order valence-electron chi connectivity index (χ2n) is 6.32. The number of rotatable bonds is 4. The molecule has 0 radical (unpaired) electrons. The van der Waals surface area contributed by atoms with Crippen molar-refractivity contribution >= 4 is 5.82 Å². The summed E-state index contributed by atoms with van der Waals surface area (Å²) < 4.78 is 5.37. The first-order valence-electron chi connectivity index (χ1n) is 8.60. The van der Waals surface area contributed by atoms with Crippen LogP contribution in [0.25, 0.3) is 0 Å². The molecule has 3 heterocycles. The van der Waals surface area contributed by atoms with Crippen LogP contribution in [-0.4, -0.2) is 51.4 Å². The number of piperazine rings is 1. The van der Waals surface area contributed by atoms with Crippen molar-refractivity contribution in [1.29, 1.82) is 5.26 Å². The van der Waals surface area contributed by atoms with Crippen LogP contribution in [0.5, 0.6) is 0 Å². The summed E-state index contributed by atoms with van der Waals surface area (Å²) in [6, 6.07) is 2.36. The monoisotopic (exact) mass is 341 g/mol. The molecule has 0 bridgehead atoms. The minimum Gasteiger partial charge on any atom is -0.351 e. The van der Waals surface area contributed by atoms with Crippen LogP contribution in [0.4, 0.5) is 5.82 Å². The predicted octanol–water partition coefficient (Wildman–Crippen LogP) is 1.79. The molecule has 0 aromatic carbocycles. The number of aromatic nitrogens is 4. The summed E-state index contributed by atoms with van der Waals surface area (Å²) in [7, 11) is 0. The summed E-state index contributed by atoms with van der Waals surface area (Å²) in [5.74, 6) is 2.09. The topological polar surface area (TPSA) is 95.0 Å². The van der Waals surface area contributed by atoms with E-state index in [1.54, 1.807) is 0 Å². The molecule has 25 heavy (non-hydrogen) atoms. The van der Waals surface area contributed by atoms with E-state index in [2.05, 4.69) is 43.1 Å². The zero-order valence-electron chi connectivity index (χ0n) is 15.2. The fourth-order valence-electron chi connectivity index (χ4n) is 3.01. The number of nitrogens with zero attached hydrogens (tertiary/aromatic N) is 7. The van der Waals surface area contributed by atoms with Gasteiger partial charge in [-0.05, 0) is 26.3 Å². The van der Waals surface area contributed by atoms with Gasteiger partial charge in [0.2, 0.25) is 5.89 Å². The second kappa shape index (κ2) is 7.15. The lowest BCUT2D eigenvalue weighted by atomic mass is 10.1. The minimum absolute atomic E-state index is 0.0798. The Hall–Kier alpha value is -2.53. The van der Waals surface area contributed by atoms with Crippen molar-refractivity contribution < 1.29 is 4.52 Å². The number of nitriles is 1. The van der Waals surface area contributed by atoms with Crippen LogP contribution in [0.2, 0.25) is 0 Å². The normalized spacial score (nSPS) is 16.7. The maximum Gasteiger partial charge on any atom is 0.243 e. The fourth-order valence-corrected chi connectivity index (χ4v) is 3.01. The first-order chi connectivity index (χ1) is 12.0. The van der Waals surface area contributed by atoms with Crippen LogP contribution in [-0.2, 0) is 6.42 Å². The Balaban J connectivity index is 1.70. The molecule has 2 aromatic rings. The first kappa shape index (κ1) is 17.3. The van der Waals surface area contributed by atoms with E-state index < -0.39 is 0 Å². The standard InChI is InChI=1S/C17H23N7O/c1-5-15-19-17(25-22-15)13(4)23-6-8-24(9-7-23)16-14(10-18)11(2)12(3)20-21-16/h13H,5-9H2,1-4H3. The van der Waals surface area contributed by atoms with Crippen LogP contribution >= 0.6 is 0 Å². The average molecular weight is 341 g/mol. The third-order valence-corrected chi connectivity index (χ3v) is 4.87. The minimum atomic E-state index is 0.0798. The van der Waals surface area contributed by atoms with E-state index in [0.29, 0.717) is 17.3 Å². The summed E-state index contributed by atoms with van der Waals surface area (Å²) in [4.78, 5) is 8.87. The van der Waals surface area contributed by atoms with E-state index in [-0.39, 0.29) is 6.04 Å². The van der Waals surface area contributed by atoms with Gasteiger partial charge in [0.15, 0.2) is 11.6 Å². The van der Waals surface area contributed by atoms with Gasteiger partial charge in [0, 0.05) is 32.6 Å². The average Bonchev–Trinajstić information content (AvgIpc) is 3.12. The van der Waals surface area contributed by atoms with Crippen LogP contribution in [0, 0.1) is 25.2 Å². The number of anilines is 1. The smallest absolute Gasteiger partial charge is 0.243 e. The SMILES string of the molecule is CCc1noc(C(C)N2CCN(c3nnc(C)c(C)c3C#N)CC2)n1. The molecule has 0 saturated carbocycles. The van der Waals surface area contributed by atoms with E-state index in [4.69, 9.17) is 4.52 Å². The van der Waals surface area contributed by atoms with Crippen LogP contribution in [0.3, 0.4) is 0 Å². The molecule has 8 heteroatoms. The largest absolute Gasteiger partial charge is 0.351 e. The molecule has 0 spiro atoms. The second-order valence-corrected chi connectivity index (χ2v) is 6.32. The van der Waals surface area contributed by atoms with Crippen molar-refractivity contribution in [2.75, 3.05) is 31.1 Å². The molecular formula is C17H23N7O. The van der Waals surface area contributed by atoms with Crippen LogP contribution in [0.1, 0.15) is 48.4 Å². The van der Waals surface area contributed by atoms with E-state index in [1.807, 2.05) is 20.8 Å². The van der Waals surface area contributed by atoms with Gasteiger partial charge in [0.25, 0.3) is 0 Å². The molecule has 0 N–H and O–H groups in total. The molecule has 1 fully saturated rings. The molecule has 0 aliphatic carbocycles. The molecule has 132 valence electrons. The number of hydrogen-bond acceptors (Lipinski definition) is 8. The molecule has 1 aliphatic heterocycles. The number of hydrogen-bond donors (Lipinski definition) is 0. The summed E-state index contributed by atoms with van der Waals surface area (Å²) in [6.07, 6.45) is 0.770. The summed E-state index contributed by atoms with van der Waals surface area (Å²) >= 11 is 0. The lowest BCUT2D eigenvalue weighted by molar-refractivity contribution is 0.164. The third-order valence-electron chi connectivity index (χ3n) is 4.87. The maximum absolute atomic E-state index is 9.49. The highest BCUT2D eigenvalue weighted by atomic mass is 16.5. The van der Waals surface area contributed by atoms with Gasteiger partial charge in [-0.1, -0.05) is 12.1 Å². The number of aryl methyl sites for hydroxylation is 2. The summed E-state index contributed by atoms with van der Waals surface area (Å²) in [6.45, 7) is 11.1. The van der Waals surface area contributed by atoms with E-state index >= 15 is 0 Å². The van der Waals surface area contributed by atoms with Crippen molar-refractivity contribution in [3.63, 3.8) is 0 Å². The van der Waals surface area contributed by atoms with Crippen molar-refractivity contribution in [3.8, 4) is 6.07 Å². The molecule has 1 saturated heterocycles. The highest BCUT2D eigenvalue weighted by Gasteiger charge is 2.27. The molecule has 3 rings (SSSR count). The summed E-state index contributed by atoms with van der Waals surface area (Å²) in [5.41, 5.74) is 2.33. The quantitative estimate of drug-likeness (QED) is 0.830. The van der Waals surface area contributed by atoms with Gasteiger partial charge < -0.3 is 9.42 Å². The molecule has 0 amide bonds. The summed E-state index contributed by atoms with van der Waals surface area (Å²) in [5, 5.41) is 21.9. The van der Waals surface area contributed by atoms with Crippen LogP contribution < -0.4 is 4.90 Å². The Morgan fingerprint density at radius 1 is 1.20 bits per heavy atom. The molecule has 8 nitrogen and oxygen atoms in total. The van der Waals surface area contributed by atoms with E-state index in [0.717, 1.165) is 49.7 Å². The Morgan fingerprint density at radius 2 is 1.92 bits per heavy atom. The van der Waals surface area contributed by atoms with Crippen molar-refractivity contribution in [3.05, 3.63) is 28.5 Å². The highest BCUT2D eigenvalue weighted by Crippen LogP contribution is 2.25. The van der Waals surface area contributed by atoms with Gasteiger partial charge in [-0.3, -0.25) is 4.90 Å². The van der Waals surface area contributed by atoms with Gasteiger partial charge in [0.05, 0.1) is 11.7 Å². The molecule has 2 aromatic heterocycles. The zero-order valence-corrected chi connectivity index (χ0v) is 15.2. The Morgan fingerprint density at radius 3 is 2.52 bits per heavy atom. The van der Waals surface area contributed by atoms with Gasteiger partial charge in [-0.2, -0.15) is 15.3 Å². The highest BCUT2D eigenvalue weighted by molar-refractivity contribution is 5.57. The fraction of sp³-hybridized carbons (Fsp3) is 0.588. The van der Waals surface area contributed by atoms with Crippen molar-refractivity contribution in [2.24, 2.45) is 0 Å². The lowest BCUT2D eigenvalue weighted by Crippen LogP contribution is -2.47. The predicted molar refractivity (Wildman–Crippen MR) is 92.1 cm³/mol. The van der Waals surface area contributed by atoms with Gasteiger partial charge >= 0.3 is 0 Å². The molecule has 1 unspecified atom stereocenters. The van der Waals surface area contributed by atoms with E-state index in [1.165, 1.54) is 0 Å². The van der Waals surface area contributed by atoms with E-state index in [9.17, 15) is 5.26 Å². The third kappa shape index (κ3) is 3.33.